The van der Waals surface area contributed by atoms with E-state index in [1.165, 1.54) is 0 Å². The average molecular weight is 168 g/mol. The molecule has 0 aromatic carbocycles. The van der Waals surface area contributed by atoms with Gasteiger partial charge in [0, 0.05) is 13.1 Å². The highest BCUT2D eigenvalue weighted by molar-refractivity contribution is 7.83. The van der Waals surface area contributed by atoms with Crippen LogP contribution < -0.4 is 0 Å². The molecule has 1 aliphatic rings. The third-order valence-corrected chi connectivity index (χ3v) is 2.35. The molecule has 0 bridgehead atoms. The van der Waals surface area contributed by atoms with Crippen LogP contribution in [0.4, 0.5) is 3.89 Å². The van der Waals surface area contributed by atoms with Gasteiger partial charge in [-0.2, -0.15) is 12.7 Å². The van der Waals surface area contributed by atoms with Crippen LogP contribution in [0.25, 0.3) is 0 Å². The number of hydrogen-bond acceptors (Lipinski definition) is 3. The summed E-state index contributed by atoms with van der Waals surface area (Å²) in [6.07, 6.45) is 0. The van der Waals surface area contributed by atoms with Crippen molar-refractivity contribution in [3.63, 3.8) is 0 Å². The highest BCUT2D eigenvalue weighted by Crippen LogP contribution is 2.08. The van der Waals surface area contributed by atoms with Gasteiger partial charge in [0.05, 0.1) is 6.67 Å². The SMILES string of the molecule is CN1CCN(S(=O)(=O)F)C1. The van der Waals surface area contributed by atoms with E-state index in [2.05, 4.69) is 0 Å². The van der Waals surface area contributed by atoms with E-state index in [0.717, 1.165) is 4.31 Å². The minimum Gasteiger partial charge on any atom is -0.291 e. The van der Waals surface area contributed by atoms with Crippen molar-refractivity contribution in [2.75, 3.05) is 26.8 Å². The van der Waals surface area contributed by atoms with Gasteiger partial charge in [0.2, 0.25) is 0 Å². The predicted octanol–water partition coefficient (Wildman–Crippen LogP) is -0.594. The lowest BCUT2D eigenvalue weighted by Gasteiger charge is -2.08. The second-order valence-corrected chi connectivity index (χ2v) is 3.68. The molecule has 0 N–H and O–H groups in total. The summed E-state index contributed by atoms with van der Waals surface area (Å²) in [6.45, 7) is 1.03. The van der Waals surface area contributed by atoms with Crippen molar-refractivity contribution >= 4 is 10.4 Å². The molecule has 1 saturated heterocycles. The van der Waals surface area contributed by atoms with Crippen LogP contribution in [-0.2, 0) is 10.4 Å². The van der Waals surface area contributed by atoms with E-state index in [1.807, 2.05) is 0 Å². The van der Waals surface area contributed by atoms with Gasteiger partial charge in [-0.3, -0.25) is 4.90 Å². The zero-order valence-electron chi connectivity index (χ0n) is 5.62. The molecule has 0 saturated carbocycles. The molecule has 0 amide bonds. The Morgan fingerprint density at radius 2 is 2.00 bits per heavy atom. The molecule has 1 heterocycles. The molecule has 0 unspecified atom stereocenters. The summed E-state index contributed by atoms with van der Waals surface area (Å²) in [7, 11) is -2.70. The van der Waals surface area contributed by atoms with E-state index in [1.54, 1.807) is 11.9 Å². The van der Waals surface area contributed by atoms with E-state index >= 15 is 0 Å². The third kappa shape index (κ3) is 1.65. The lowest BCUT2D eigenvalue weighted by atomic mass is 10.7. The first-order valence-electron chi connectivity index (χ1n) is 2.88. The Balaban J connectivity index is 2.62. The van der Waals surface area contributed by atoms with Gasteiger partial charge in [0.1, 0.15) is 0 Å². The molecule has 0 radical (unpaired) electrons. The molecule has 0 spiro atoms. The lowest BCUT2D eigenvalue weighted by Crippen LogP contribution is -2.26. The van der Waals surface area contributed by atoms with E-state index in [9.17, 15) is 12.3 Å². The summed E-state index contributed by atoms with van der Waals surface area (Å²) < 4.78 is 33.4. The molecule has 1 aliphatic heterocycles. The molecule has 1 fully saturated rings. The van der Waals surface area contributed by atoms with E-state index in [4.69, 9.17) is 0 Å². The van der Waals surface area contributed by atoms with Crippen molar-refractivity contribution in [3.05, 3.63) is 0 Å². The van der Waals surface area contributed by atoms with Gasteiger partial charge in [0.25, 0.3) is 0 Å². The molecule has 6 heteroatoms. The van der Waals surface area contributed by atoms with Gasteiger partial charge in [0.15, 0.2) is 0 Å². The summed E-state index contributed by atoms with van der Waals surface area (Å²) >= 11 is 0. The van der Waals surface area contributed by atoms with E-state index < -0.39 is 10.4 Å². The van der Waals surface area contributed by atoms with Gasteiger partial charge in [-0.1, -0.05) is 3.89 Å². The highest BCUT2D eigenvalue weighted by Gasteiger charge is 2.27. The first kappa shape index (κ1) is 7.90. The minimum absolute atomic E-state index is 0.166. The van der Waals surface area contributed by atoms with Crippen LogP contribution in [-0.4, -0.2) is 44.4 Å². The Morgan fingerprint density at radius 1 is 1.40 bits per heavy atom. The van der Waals surface area contributed by atoms with Gasteiger partial charge >= 0.3 is 10.4 Å². The maximum Gasteiger partial charge on any atom is 0.375 e. The summed E-state index contributed by atoms with van der Waals surface area (Å²) in [5.74, 6) is 0. The second-order valence-electron chi connectivity index (χ2n) is 2.34. The Morgan fingerprint density at radius 3 is 2.20 bits per heavy atom. The maximum absolute atomic E-state index is 12.1. The Labute approximate surface area is 59.6 Å². The fraction of sp³-hybridized carbons (Fsp3) is 1.00. The molecule has 0 atom stereocenters. The molecule has 60 valence electrons. The monoisotopic (exact) mass is 168 g/mol. The lowest BCUT2D eigenvalue weighted by molar-refractivity contribution is 0.350. The van der Waals surface area contributed by atoms with Crippen LogP contribution in [0.1, 0.15) is 0 Å². The van der Waals surface area contributed by atoms with Crippen LogP contribution in [0, 0.1) is 0 Å². The van der Waals surface area contributed by atoms with Crippen LogP contribution in [0.3, 0.4) is 0 Å². The van der Waals surface area contributed by atoms with Crippen molar-refractivity contribution < 1.29 is 12.3 Å². The first-order valence-corrected chi connectivity index (χ1v) is 4.22. The van der Waals surface area contributed by atoms with E-state index in [-0.39, 0.29) is 13.2 Å². The van der Waals surface area contributed by atoms with Crippen LogP contribution in [0.2, 0.25) is 0 Å². The predicted molar refractivity (Wildman–Crippen MR) is 34.2 cm³/mol. The van der Waals surface area contributed by atoms with Crippen molar-refractivity contribution in [2.45, 2.75) is 0 Å². The Hall–Kier alpha value is -0.200. The fourth-order valence-corrected chi connectivity index (χ4v) is 1.51. The second kappa shape index (κ2) is 2.44. The molecule has 10 heavy (non-hydrogen) atoms. The summed E-state index contributed by atoms with van der Waals surface area (Å²) in [5, 5.41) is 0. The van der Waals surface area contributed by atoms with Crippen molar-refractivity contribution in [3.8, 4) is 0 Å². The van der Waals surface area contributed by atoms with Crippen molar-refractivity contribution in [1.82, 2.24) is 9.21 Å². The van der Waals surface area contributed by atoms with Gasteiger partial charge < -0.3 is 0 Å². The van der Waals surface area contributed by atoms with Crippen LogP contribution in [0.15, 0.2) is 0 Å². The summed E-state index contributed by atoms with van der Waals surface area (Å²) in [5.41, 5.74) is 0. The molecule has 0 aromatic rings. The van der Waals surface area contributed by atoms with Crippen LogP contribution >= 0.6 is 0 Å². The number of nitrogens with zero attached hydrogens (tertiary/aromatic N) is 2. The first-order chi connectivity index (χ1) is 4.50. The quantitative estimate of drug-likeness (QED) is 0.491. The number of rotatable bonds is 1. The van der Waals surface area contributed by atoms with Crippen molar-refractivity contribution in [1.29, 1.82) is 0 Å². The molecule has 0 aromatic heterocycles. The molecular weight excluding hydrogens is 159 g/mol. The summed E-state index contributed by atoms with van der Waals surface area (Å²) in [4.78, 5) is 1.73. The third-order valence-electron chi connectivity index (χ3n) is 1.44. The average Bonchev–Trinajstić information content (AvgIpc) is 2.11. The highest BCUT2D eigenvalue weighted by atomic mass is 32.3. The van der Waals surface area contributed by atoms with Gasteiger partial charge in [-0.15, -0.1) is 0 Å². The Bertz CT molecular complexity index is 215. The molecule has 4 nitrogen and oxygen atoms in total. The van der Waals surface area contributed by atoms with Gasteiger partial charge in [-0.05, 0) is 7.05 Å². The topological polar surface area (TPSA) is 40.6 Å². The molecule has 0 aliphatic carbocycles. The zero-order chi connectivity index (χ0) is 7.78. The maximum atomic E-state index is 12.1. The number of halogens is 1. The van der Waals surface area contributed by atoms with Gasteiger partial charge in [-0.25, -0.2) is 0 Å². The van der Waals surface area contributed by atoms with Crippen molar-refractivity contribution in [2.24, 2.45) is 0 Å². The standard InChI is InChI=1S/C4H9FN2O2S/c1-6-2-3-7(4-6)10(5,8)9/h2-4H2,1H3. The number of likely N-dealkylation sites (N-methyl/N-ethyl adjacent to an activating group) is 1. The molecule has 1 rings (SSSR count). The molecular formula is C4H9FN2O2S. The smallest absolute Gasteiger partial charge is 0.291 e. The largest absolute Gasteiger partial charge is 0.375 e. The normalized spacial score (nSPS) is 23.8. The number of hydrogen-bond donors (Lipinski definition) is 0. The summed E-state index contributed by atoms with van der Waals surface area (Å²) in [6, 6.07) is 0. The van der Waals surface area contributed by atoms with E-state index in [0.29, 0.717) is 6.54 Å². The zero-order valence-corrected chi connectivity index (χ0v) is 6.43. The minimum atomic E-state index is -4.44. The fourth-order valence-electron chi connectivity index (χ4n) is 0.871. The van der Waals surface area contributed by atoms with Crippen LogP contribution in [0.5, 0.6) is 0 Å². The Kier molecular flexibility index (Phi) is 1.93.